The summed E-state index contributed by atoms with van der Waals surface area (Å²) in [6.45, 7) is 6.60. The molecule has 1 aliphatic heterocycles. The Morgan fingerprint density at radius 1 is 1.27 bits per heavy atom. The summed E-state index contributed by atoms with van der Waals surface area (Å²) in [4.78, 5) is 16.8. The number of likely N-dealkylation sites (N-methyl/N-ethyl adjacent to an activating group) is 2. The third-order valence-electron chi connectivity index (χ3n) is 5.39. The Labute approximate surface area is 156 Å². The molecule has 1 amide bonds. The van der Waals surface area contributed by atoms with E-state index in [0.29, 0.717) is 12.5 Å². The van der Waals surface area contributed by atoms with Crippen molar-refractivity contribution in [3.63, 3.8) is 0 Å². The Morgan fingerprint density at radius 3 is 2.69 bits per heavy atom. The number of aromatic nitrogens is 2. The molecule has 0 saturated heterocycles. The number of rotatable bonds is 6. The van der Waals surface area contributed by atoms with Crippen molar-refractivity contribution in [2.45, 2.75) is 52.2 Å². The third kappa shape index (κ3) is 4.33. The molecule has 5 nitrogen and oxygen atoms in total. The van der Waals surface area contributed by atoms with Crippen LogP contribution >= 0.6 is 0 Å². The molecule has 2 aromatic rings. The maximum Gasteiger partial charge on any atom is 0.222 e. The van der Waals surface area contributed by atoms with Crippen LogP contribution in [-0.2, 0) is 24.3 Å². The lowest BCUT2D eigenvalue weighted by Crippen LogP contribution is -2.46. The van der Waals surface area contributed by atoms with Gasteiger partial charge in [0.1, 0.15) is 0 Å². The van der Waals surface area contributed by atoms with Gasteiger partial charge < -0.3 is 4.90 Å². The van der Waals surface area contributed by atoms with Gasteiger partial charge in [-0.2, -0.15) is 5.10 Å². The summed E-state index contributed by atoms with van der Waals surface area (Å²) in [6.07, 6.45) is 2.41. The normalized spacial score (nSPS) is 17.2. The van der Waals surface area contributed by atoms with Crippen LogP contribution in [0.5, 0.6) is 0 Å². The van der Waals surface area contributed by atoms with Gasteiger partial charge in [-0.05, 0) is 50.9 Å². The van der Waals surface area contributed by atoms with E-state index in [1.165, 1.54) is 11.1 Å². The topological polar surface area (TPSA) is 41.4 Å². The monoisotopic (exact) mass is 354 g/mol. The Bertz CT molecular complexity index is 767. The van der Waals surface area contributed by atoms with Crippen molar-refractivity contribution in [2.75, 3.05) is 20.6 Å². The third-order valence-corrected chi connectivity index (χ3v) is 5.39. The van der Waals surface area contributed by atoms with Crippen LogP contribution in [0.25, 0.3) is 0 Å². The van der Waals surface area contributed by atoms with Gasteiger partial charge in [0.15, 0.2) is 0 Å². The maximum atomic E-state index is 12.5. The zero-order valence-electron chi connectivity index (χ0n) is 16.4. The molecule has 26 heavy (non-hydrogen) atoms. The Hall–Kier alpha value is -2.14. The van der Waals surface area contributed by atoms with Crippen molar-refractivity contribution in [2.24, 2.45) is 0 Å². The summed E-state index contributed by atoms with van der Waals surface area (Å²) < 4.78 is 1.99. The fraction of sp³-hybridized carbons (Fsp3) is 0.524. The van der Waals surface area contributed by atoms with Crippen LogP contribution in [-0.4, -0.2) is 52.2 Å². The lowest BCUT2D eigenvalue weighted by molar-refractivity contribution is -0.130. The second-order valence-electron chi connectivity index (χ2n) is 7.57. The number of hydrogen-bond donors (Lipinski definition) is 0. The van der Waals surface area contributed by atoms with Crippen LogP contribution in [0, 0.1) is 13.8 Å². The molecule has 0 bridgehead atoms. The van der Waals surface area contributed by atoms with E-state index >= 15 is 0 Å². The average molecular weight is 354 g/mol. The first kappa shape index (κ1) is 18.6. The number of amides is 1. The minimum Gasteiger partial charge on any atom is -0.344 e. The first-order valence-electron chi connectivity index (χ1n) is 9.46. The number of carbonyl (C=O) groups is 1. The van der Waals surface area contributed by atoms with Crippen LogP contribution in [0.1, 0.15) is 35.4 Å². The number of aryl methyl sites for hydroxylation is 3. The summed E-state index contributed by atoms with van der Waals surface area (Å²) in [5.41, 5.74) is 5.02. The number of nitrogens with zero attached hydrogens (tertiary/aromatic N) is 4. The number of fused-ring (bicyclic) bond motifs is 1. The molecule has 0 N–H and O–H groups in total. The molecular formula is C21H30N4O. The highest BCUT2D eigenvalue weighted by Crippen LogP contribution is 2.22. The molecule has 5 heteroatoms. The fourth-order valence-corrected chi connectivity index (χ4v) is 3.81. The van der Waals surface area contributed by atoms with E-state index in [4.69, 9.17) is 0 Å². The summed E-state index contributed by atoms with van der Waals surface area (Å²) in [6, 6.07) is 11.1. The van der Waals surface area contributed by atoms with Crippen LogP contribution in [0.15, 0.2) is 30.3 Å². The molecule has 1 aliphatic rings. The molecule has 3 rings (SSSR count). The zero-order valence-corrected chi connectivity index (χ0v) is 16.4. The summed E-state index contributed by atoms with van der Waals surface area (Å²) in [5, 5.41) is 4.46. The van der Waals surface area contributed by atoms with Gasteiger partial charge in [0.05, 0.1) is 5.69 Å². The van der Waals surface area contributed by atoms with Crippen LogP contribution in [0.2, 0.25) is 0 Å². The molecule has 1 atom stereocenters. The molecule has 0 radical (unpaired) electrons. The zero-order chi connectivity index (χ0) is 18.7. The van der Waals surface area contributed by atoms with Crippen molar-refractivity contribution in [3.05, 3.63) is 52.8 Å². The predicted octanol–water partition coefficient (Wildman–Crippen LogP) is 2.80. The van der Waals surface area contributed by atoms with Gasteiger partial charge in [-0.3, -0.25) is 14.4 Å². The molecule has 1 aromatic heterocycles. The summed E-state index contributed by atoms with van der Waals surface area (Å²) >= 11 is 0. The first-order valence-corrected chi connectivity index (χ1v) is 9.46. The lowest BCUT2D eigenvalue weighted by Gasteiger charge is -2.36. The minimum absolute atomic E-state index is 0.221. The van der Waals surface area contributed by atoms with E-state index in [-0.39, 0.29) is 5.91 Å². The Balaban J connectivity index is 1.49. The molecule has 0 spiro atoms. The van der Waals surface area contributed by atoms with E-state index in [9.17, 15) is 4.79 Å². The smallest absolute Gasteiger partial charge is 0.222 e. The molecule has 1 aromatic carbocycles. The van der Waals surface area contributed by atoms with Gasteiger partial charge in [-0.15, -0.1) is 0 Å². The molecular weight excluding hydrogens is 324 g/mol. The molecule has 2 heterocycles. The van der Waals surface area contributed by atoms with E-state index in [1.54, 1.807) is 0 Å². The number of hydrogen-bond acceptors (Lipinski definition) is 3. The molecule has 0 aliphatic carbocycles. The highest BCUT2D eigenvalue weighted by Gasteiger charge is 2.25. The van der Waals surface area contributed by atoms with Gasteiger partial charge >= 0.3 is 0 Å². The molecule has 0 fully saturated rings. The van der Waals surface area contributed by atoms with Crippen molar-refractivity contribution in [1.29, 1.82) is 0 Å². The maximum absolute atomic E-state index is 12.5. The summed E-state index contributed by atoms with van der Waals surface area (Å²) in [7, 11) is 4.09. The average Bonchev–Trinajstić information content (AvgIpc) is 2.92. The predicted molar refractivity (Wildman–Crippen MR) is 104 cm³/mol. The Morgan fingerprint density at radius 2 is 2.00 bits per heavy atom. The Kier molecular flexibility index (Phi) is 5.77. The fourth-order valence-electron chi connectivity index (χ4n) is 3.81. The van der Waals surface area contributed by atoms with Gasteiger partial charge in [0, 0.05) is 44.8 Å². The molecule has 0 saturated carbocycles. The van der Waals surface area contributed by atoms with E-state index in [2.05, 4.69) is 54.3 Å². The van der Waals surface area contributed by atoms with Crippen molar-refractivity contribution in [1.82, 2.24) is 19.6 Å². The van der Waals surface area contributed by atoms with E-state index < -0.39 is 0 Å². The van der Waals surface area contributed by atoms with Gasteiger partial charge in [0.25, 0.3) is 0 Å². The van der Waals surface area contributed by atoms with E-state index in [1.807, 2.05) is 23.6 Å². The second-order valence-corrected chi connectivity index (χ2v) is 7.57. The largest absolute Gasteiger partial charge is 0.344 e. The highest BCUT2D eigenvalue weighted by atomic mass is 16.2. The lowest BCUT2D eigenvalue weighted by atomic mass is 9.94. The van der Waals surface area contributed by atoms with Crippen LogP contribution in [0.4, 0.5) is 0 Å². The van der Waals surface area contributed by atoms with Crippen molar-refractivity contribution in [3.8, 4) is 0 Å². The standard InChI is InChI=1S/C21H30N4O/c1-16-12-17(2)25(22-16)11-7-10-21(26)24(4)15-20-13-18-8-5-6-9-19(18)14-23(20)3/h5-6,8-9,12,20H,7,10-11,13-15H2,1-4H3/t20-/m0/s1. The van der Waals surface area contributed by atoms with Gasteiger partial charge in [-0.25, -0.2) is 0 Å². The second kappa shape index (κ2) is 8.04. The van der Waals surface area contributed by atoms with E-state index in [0.717, 1.165) is 43.9 Å². The quantitative estimate of drug-likeness (QED) is 0.801. The number of benzene rings is 1. The number of carbonyl (C=O) groups excluding carboxylic acids is 1. The van der Waals surface area contributed by atoms with Crippen LogP contribution in [0.3, 0.4) is 0 Å². The van der Waals surface area contributed by atoms with Gasteiger partial charge in [0.2, 0.25) is 5.91 Å². The van der Waals surface area contributed by atoms with Gasteiger partial charge in [-0.1, -0.05) is 24.3 Å². The van der Waals surface area contributed by atoms with Crippen molar-refractivity contribution >= 4 is 5.91 Å². The summed E-state index contributed by atoms with van der Waals surface area (Å²) in [5.74, 6) is 0.221. The SMILES string of the molecule is Cc1cc(C)n(CCCC(=O)N(C)C[C@@H]2Cc3ccccc3CN2C)n1. The van der Waals surface area contributed by atoms with Crippen LogP contribution < -0.4 is 0 Å². The van der Waals surface area contributed by atoms with Crippen molar-refractivity contribution < 1.29 is 4.79 Å². The first-order chi connectivity index (χ1) is 12.4. The molecule has 140 valence electrons. The highest BCUT2D eigenvalue weighted by molar-refractivity contribution is 5.75. The molecule has 0 unspecified atom stereocenters. The minimum atomic E-state index is 0.221.